The molecule has 0 N–H and O–H groups in total. The second-order valence-corrected chi connectivity index (χ2v) is 2.94. The maximum atomic E-state index is 11.0. The van der Waals surface area contributed by atoms with E-state index in [2.05, 4.69) is 24.9 Å². The van der Waals surface area contributed by atoms with Crippen LogP contribution in [-0.2, 0) is 29.3 Å². The maximum Gasteiger partial charge on any atom is 0.340 e. The Labute approximate surface area is 78.2 Å². The van der Waals surface area contributed by atoms with E-state index in [0.717, 1.165) is 0 Å². The number of carbonyl (C=O) groups excluding carboxylic acids is 1. The lowest BCUT2D eigenvalue weighted by molar-refractivity contribution is -0.149. The van der Waals surface area contributed by atoms with Crippen molar-refractivity contribution in [3.8, 4) is 11.8 Å². The Bertz CT molecular complexity index is 276. The summed E-state index contributed by atoms with van der Waals surface area (Å²) >= 11 is -1.82. The largest absolute Gasteiger partial charge is 0.450 e. The molecule has 1 rings (SSSR count). The van der Waals surface area contributed by atoms with Crippen LogP contribution >= 0.6 is 0 Å². The van der Waals surface area contributed by atoms with Crippen LogP contribution in [0.2, 0.25) is 0 Å². The first-order valence-corrected chi connectivity index (χ1v) is 4.52. The van der Waals surface area contributed by atoms with Gasteiger partial charge >= 0.3 is 17.3 Å². The molecule has 2 atom stereocenters. The highest BCUT2D eigenvalue weighted by Gasteiger charge is 2.31. The average molecular weight is 204 g/mol. The molecule has 72 valence electrons. The minimum atomic E-state index is -1.82. The molecule has 0 spiro atoms. The SMILES string of the molecule is CC#CCOC(=O)C1COS(=O)O1. The van der Waals surface area contributed by atoms with Crippen LogP contribution < -0.4 is 0 Å². The molecule has 2 unspecified atom stereocenters. The molecule has 0 aromatic rings. The van der Waals surface area contributed by atoms with Gasteiger partial charge < -0.3 is 4.74 Å². The summed E-state index contributed by atoms with van der Waals surface area (Å²) in [7, 11) is 0. The van der Waals surface area contributed by atoms with E-state index in [9.17, 15) is 9.00 Å². The first-order valence-electron chi connectivity index (χ1n) is 3.52. The fourth-order valence-corrected chi connectivity index (χ4v) is 1.26. The normalized spacial score (nSPS) is 26.2. The Balaban J connectivity index is 2.30. The number of hydrogen-bond acceptors (Lipinski definition) is 5. The summed E-state index contributed by atoms with van der Waals surface area (Å²) in [5.74, 6) is 4.51. The van der Waals surface area contributed by atoms with E-state index in [0.29, 0.717) is 0 Å². The molecule has 1 aliphatic rings. The van der Waals surface area contributed by atoms with E-state index < -0.39 is 23.4 Å². The zero-order chi connectivity index (χ0) is 9.68. The van der Waals surface area contributed by atoms with Gasteiger partial charge in [-0.3, -0.25) is 8.37 Å². The Morgan fingerprint density at radius 3 is 3.08 bits per heavy atom. The molecule has 0 aromatic heterocycles. The topological polar surface area (TPSA) is 61.8 Å². The highest BCUT2D eigenvalue weighted by atomic mass is 32.2. The van der Waals surface area contributed by atoms with E-state index in [4.69, 9.17) is 0 Å². The number of ether oxygens (including phenoxy) is 1. The quantitative estimate of drug-likeness (QED) is 0.450. The smallest absolute Gasteiger partial charge is 0.340 e. The lowest BCUT2D eigenvalue weighted by Gasteiger charge is -2.03. The molecule has 0 saturated carbocycles. The van der Waals surface area contributed by atoms with Gasteiger partial charge in [0.2, 0.25) is 0 Å². The summed E-state index contributed by atoms with van der Waals surface area (Å²) < 4.78 is 24.3. The van der Waals surface area contributed by atoms with Crippen molar-refractivity contribution in [3.05, 3.63) is 0 Å². The van der Waals surface area contributed by atoms with Crippen molar-refractivity contribution < 1.29 is 22.1 Å². The monoisotopic (exact) mass is 204 g/mol. The van der Waals surface area contributed by atoms with E-state index in [1.54, 1.807) is 6.92 Å². The third-order valence-corrected chi connectivity index (χ3v) is 1.95. The van der Waals surface area contributed by atoms with E-state index >= 15 is 0 Å². The zero-order valence-electron chi connectivity index (χ0n) is 6.94. The molecule has 6 heteroatoms. The molecule has 13 heavy (non-hydrogen) atoms. The van der Waals surface area contributed by atoms with Crippen molar-refractivity contribution in [2.24, 2.45) is 0 Å². The second kappa shape index (κ2) is 4.97. The van der Waals surface area contributed by atoms with Crippen molar-refractivity contribution in [3.63, 3.8) is 0 Å². The summed E-state index contributed by atoms with van der Waals surface area (Å²) in [5, 5.41) is 0. The van der Waals surface area contributed by atoms with Gasteiger partial charge in [0.05, 0.1) is 0 Å². The van der Waals surface area contributed by atoms with Gasteiger partial charge in [0.25, 0.3) is 0 Å². The number of hydrogen-bond donors (Lipinski definition) is 0. The summed E-state index contributed by atoms with van der Waals surface area (Å²) in [5.41, 5.74) is 0. The van der Waals surface area contributed by atoms with Crippen molar-refractivity contribution >= 4 is 17.3 Å². The fourth-order valence-electron chi connectivity index (χ4n) is 0.647. The molecule has 0 aromatic carbocycles. The first kappa shape index (κ1) is 10.2. The van der Waals surface area contributed by atoms with Crippen LogP contribution in [0.15, 0.2) is 0 Å². The van der Waals surface area contributed by atoms with E-state index in [1.807, 2.05) is 0 Å². The van der Waals surface area contributed by atoms with Crippen LogP contribution in [0.3, 0.4) is 0 Å². The Morgan fingerprint density at radius 1 is 1.77 bits per heavy atom. The minimum absolute atomic E-state index is 0.0157. The average Bonchev–Trinajstić information content (AvgIpc) is 2.52. The third kappa shape index (κ3) is 3.14. The molecular formula is C7H8O5S. The number of carbonyl (C=O) groups is 1. The van der Waals surface area contributed by atoms with Crippen LogP contribution in [0.25, 0.3) is 0 Å². The van der Waals surface area contributed by atoms with Crippen molar-refractivity contribution in [2.75, 3.05) is 13.2 Å². The summed E-state index contributed by atoms with van der Waals surface area (Å²) in [6.45, 7) is 1.62. The van der Waals surface area contributed by atoms with Gasteiger partial charge in [0, 0.05) is 0 Å². The molecule has 0 radical (unpaired) electrons. The fraction of sp³-hybridized carbons (Fsp3) is 0.571. The lowest BCUT2D eigenvalue weighted by Crippen LogP contribution is -2.25. The Kier molecular flexibility index (Phi) is 3.89. The van der Waals surface area contributed by atoms with Gasteiger partial charge in [-0.05, 0) is 6.92 Å². The molecule has 1 heterocycles. The molecule has 1 fully saturated rings. The lowest BCUT2D eigenvalue weighted by atomic mass is 10.4. The van der Waals surface area contributed by atoms with Gasteiger partial charge in [-0.25, -0.2) is 4.79 Å². The zero-order valence-corrected chi connectivity index (χ0v) is 7.76. The summed E-state index contributed by atoms with van der Waals surface area (Å²) in [4.78, 5) is 11.0. The van der Waals surface area contributed by atoms with Gasteiger partial charge in [0.15, 0.2) is 12.7 Å². The molecule has 1 aliphatic heterocycles. The minimum Gasteiger partial charge on any atom is -0.450 e. The standard InChI is InChI=1S/C7H8O5S/c1-2-3-4-10-7(8)6-5-11-13(9)12-6/h6H,4-5H2,1H3. The number of rotatable bonds is 2. The predicted octanol–water partition coefficient (Wildman–Crippen LogP) is -0.453. The van der Waals surface area contributed by atoms with E-state index in [1.165, 1.54) is 0 Å². The molecule has 0 amide bonds. The summed E-state index contributed by atoms with van der Waals surface area (Å²) in [6, 6.07) is 0. The Hall–Kier alpha value is -0.900. The van der Waals surface area contributed by atoms with Crippen LogP contribution in [0, 0.1) is 11.8 Å². The van der Waals surface area contributed by atoms with Gasteiger partial charge in [-0.1, -0.05) is 5.92 Å². The van der Waals surface area contributed by atoms with Gasteiger partial charge in [-0.2, -0.15) is 4.21 Å². The molecule has 5 nitrogen and oxygen atoms in total. The van der Waals surface area contributed by atoms with Crippen LogP contribution in [0.4, 0.5) is 0 Å². The second-order valence-electron chi connectivity index (χ2n) is 2.11. The van der Waals surface area contributed by atoms with Crippen LogP contribution in [0.5, 0.6) is 0 Å². The Morgan fingerprint density at radius 2 is 2.54 bits per heavy atom. The molecule has 0 bridgehead atoms. The highest BCUT2D eigenvalue weighted by molar-refractivity contribution is 7.75. The van der Waals surface area contributed by atoms with Crippen molar-refractivity contribution in [2.45, 2.75) is 13.0 Å². The van der Waals surface area contributed by atoms with Crippen molar-refractivity contribution in [1.82, 2.24) is 0 Å². The van der Waals surface area contributed by atoms with E-state index in [-0.39, 0.29) is 13.2 Å². The van der Waals surface area contributed by atoms with Gasteiger partial charge in [0.1, 0.15) is 6.61 Å². The van der Waals surface area contributed by atoms with Crippen molar-refractivity contribution in [1.29, 1.82) is 0 Å². The summed E-state index contributed by atoms with van der Waals surface area (Å²) in [6.07, 6.45) is -0.889. The molecule has 0 aliphatic carbocycles. The first-order chi connectivity index (χ1) is 6.24. The van der Waals surface area contributed by atoms with Gasteiger partial charge in [-0.15, -0.1) is 5.92 Å². The maximum absolute atomic E-state index is 11.0. The third-order valence-electron chi connectivity index (χ3n) is 1.24. The van der Waals surface area contributed by atoms with Crippen LogP contribution in [-0.4, -0.2) is 29.5 Å². The molecular weight excluding hydrogens is 196 g/mol. The molecule has 1 saturated heterocycles. The predicted molar refractivity (Wildman–Crippen MR) is 43.4 cm³/mol. The van der Waals surface area contributed by atoms with Crippen LogP contribution in [0.1, 0.15) is 6.92 Å². The highest BCUT2D eigenvalue weighted by Crippen LogP contribution is 2.09. The number of esters is 1.